The van der Waals surface area contributed by atoms with E-state index in [9.17, 15) is 0 Å². The lowest BCUT2D eigenvalue weighted by Gasteiger charge is -2.09. The van der Waals surface area contributed by atoms with E-state index in [0.717, 1.165) is 24.5 Å². The van der Waals surface area contributed by atoms with Crippen LogP contribution in [0.3, 0.4) is 0 Å². The average Bonchev–Trinajstić information content (AvgIpc) is 2.46. The highest BCUT2D eigenvalue weighted by molar-refractivity contribution is 5.41. The van der Waals surface area contributed by atoms with Gasteiger partial charge in [-0.25, -0.2) is 4.98 Å². The van der Waals surface area contributed by atoms with E-state index in [0.29, 0.717) is 0 Å². The highest BCUT2D eigenvalue weighted by Crippen LogP contribution is 2.15. The molecule has 0 aliphatic carbocycles. The predicted molar refractivity (Wildman–Crippen MR) is 78.7 cm³/mol. The molecule has 0 saturated heterocycles. The molecule has 100 valence electrons. The average molecular weight is 256 g/mol. The molecule has 0 aliphatic rings. The lowest BCUT2D eigenvalue weighted by Crippen LogP contribution is -2.02. The van der Waals surface area contributed by atoms with Crippen LogP contribution >= 0.6 is 0 Å². The van der Waals surface area contributed by atoms with Crippen molar-refractivity contribution < 1.29 is 4.74 Å². The molecular formula is C16H20N2O. The van der Waals surface area contributed by atoms with Crippen LogP contribution in [0.5, 0.6) is 5.75 Å². The summed E-state index contributed by atoms with van der Waals surface area (Å²) in [6, 6.07) is 10.1. The van der Waals surface area contributed by atoms with Crippen LogP contribution in [0, 0.1) is 6.92 Å². The number of anilines is 1. The second-order valence-electron chi connectivity index (χ2n) is 4.55. The van der Waals surface area contributed by atoms with Crippen molar-refractivity contribution in [3.05, 3.63) is 53.2 Å². The number of benzene rings is 1. The molecule has 1 aromatic carbocycles. The van der Waals surface area contributed by atoms with Crippen LogP contribution in [-0.2, 0) is 13.0 Å². The zero-order valence-corrected chi connectivity index (χ0v) is 11.7. The molecule has 1 aromatic heterocycles. The first-order valence-electron chi connectivity index (χ1n) is 6.55. The summed E-state index contributed by atoms with van der Waals surface area (Å²) in [5, 5.41) is 3.34. The summed E-state index contributed by atoms with van der Waals surface area (Å²) < 4.78 is 5.14. The van der Waals surface area contributed by atoms with Crippen molar-refractivity contribution in [2.24, 2.45) is 0 Å². The Morgan fingerprint density at radius 3 is 2.53 bits per heavy atom. The standard InChI is InChI=1S/C16H20N2O/c1-4-14-11-18-16(9-12(14)2)17-10-13-5-7-15(19-3)8-6-13/h5-9,11H,4,10H2,1-3H3,(H,17,18). The Balaban J connectivity index is 1.99. The number of hydrogen-bond acceptors (Lipinski definition) is 3. The molecule has 0 aliphatic heterocycles. The normalized spacial score (nSPS) is 10.3. The van der Waals surface area contributed by atoms with E-state index in [1.807, 2.05) is 18.3 Å². The Morgan fingerprint density at radius 2 is 1.95 bits per heavy atom. The van der Waals surface area contributed by atoms with Crippen LogP contribution in [-0.4, -0.2) is 12.1 Å². The van der Waals surface area contributed by atoms with Gasteiger partial charge in [0.25, 0.3) is 0 Å². The molecule has 0 unspecified atom stereocenters. The van der Waals surface area contributed by atoms with Gasteiger partial charge in [-0.2, -0.15) is 0 Å². The predicted octanol–water partition coefficient (Wildman–Crippen LogP) is 3.57. The molecule has 19 heavy (non-hydrogen) atoms. The number of methoxy groups -OCH3 is 1. The Morgan fingerprint density at radius 1 is 1.21 bits per heavy atom. The van der Waals surface area contributed by atoms with Crippen LogP contribution in [0.4, 0.5) is 5.82 Å². The van der Waals surface area contributed by atoms with E-state index in [-0.39, 0.29) is 0 Å². The van der Waals surface area contributed by atoms with E-state index >= 15 is 0 Å². The molecule has 2 rings (SSSR count). The molecule has 2 aromatic rings. The molecule has 1 heterocycles. The molecule has 0 fully saturated rings. The number of hydrogen-bond donors (Lipinski definition) is 1. The molecule has 3 heteroatoms. The van der Waals surface area contributed by atoms with Gasteiger partial charge in [-0.1, -0.05) is 19.1 Å². The smallest absolute Gasteiger partial charge is 0.126 e. The molecule has 0 radical (unpaired) electrons. The quantitative estimate of drug-likeness (QED) is 0.888. The molecule has 1 N–H and O–H groups in total. The maximum Gasteiger partial charge on any atom is 0.126 e. The van der Waals surface area contributed by atoms with Crippen LogP contribution in [0.15, 0.2) is 36.5 Å². The second-order valence-corrected chi connectivity index (χ2v) is 4.55. The number of rotatable bonds is 5. The highest BCUT2D eigenvalue weighted by atomic mass is 16.5. The van der Waals surface area contributed by atoms with Crippen LogP contribution in [0.1, 0.15) is 23.6 Å². The lowest BCUT2D eigenvalue weighted by atomic mass is 10.1. The zero-order chi connectivity index (χ0) is 13.7. The number of nitrogens with one attached hydrogen (secondary N) is 1. The molecule has 0 saturated carbocycles. The van der Waals surface area contributed by atoms with Crippen molar-refractivity contribution in [3.63, 3.8) is 0 Å². The SMILES string of the molecule is CCc1cnc(NCc2ccc(OC)cc2)cc1C. The Kier molecular flexibility index (Phi) is 4.39. The van der Waals surface area contributed by atoms with Gasteiger partial charge in [0.2, 0.25) is 0 Å². The van der Waals surface area contributed by atoms with E-state index in [2.05, 4.69) is 42.3 Å². The molecular weight excluding hydrogens is 236 g/mol. The van der Waals surface area contributed by atoms with Gasteiger partial charge < -0.3 is 10.1 Å². The van der Waals surface area contributed by atoms with E-state index in [1.54, 1.807) is 7.11 Å². The minimum Gasteiger partial charge on any atom is -0.497 e. The van der Waals surface area contributed by atoms with Crippen molar-refractivity contribution >= 4 is 5.82 Å². The van der Waals surface area contributed by atoms with Gasteiger partial charge in [-0.3, -0.25) is 0 Å². The third-order valence-electron chi connectivity index (χ3n) is 3.23. The van der Waals surface area contributed by atoms with Gasteiger partial charge in [0.15, 0.2) is 0 Å². The molecule has 0 spiro atoms. The van der Waals surface area contributed by atoms with Gasteiger partial charge in [0.05, 0.1) is 7.11 Å². The first-order valence-corrected chi connectivity index (χ1v) is 6.55. The fourth-order valence-electron chi connectivity index (χ4n) is 1.99. The Bertz CT molecular complexity index is 535. The fraction of sp³-hybridized carbons (Fsp3) is 0.312. The summed E-state index contributed by atoms with van der Waals surface area (Å²) in [4.78, 5) is 4.42. The minimum absolute atomic E-state index is 0.766. The van der Waals surface area contributed by atoms with E-state index in [1.165, 1.54) is 16.7 Å². The summed E-state index contributed by atoms with van der Waals surface area (Å²) in [6.07, 6.45) is 2.98. The first kappa shape index (κ1) is 13.4. The van der Waals surface area contributed by atoms with Gasteiger partial charge in [0.1, 0.15) is 11.6 Å². The summed E-state index contributed by atoms with van der Waals surface area (Å²) in [6.45, 7) is 5.04. The van der Waals surface area contributed by atoms with Crippen LogP contribution < -0.4 is 10.1 Å². The van der Waals surface area contributed by atoms with E-state index in [4.69, 9.17) is 4.74 Å². The summed E-state index contributed by atoms with van der Waals surface area (Å²) >= 11 is 0. The van der Waals surface area contributed by atoms with Gasteiger partial charge in [0, 0.05) is 12.7 Å². The third-order valence-corrected chi connectivity index (χ3v) is 3.23. The topological polar surface area (TPSA) is 34.2 Å². The van der Waals surface area contributed by atoms with Gasteiger partial charge in [-0.05, 0) is 48.2 Å². The van der Waals surface area contributed by atoms with Crippen LogP contribution in [0.25, 0.3) is 0 Å². The summed E-state index contributed by atoms with van der Waals surface area (Å²) in [7, 11) is 1.68. The molecule has 0 atom stereocenters. The van der Waals surface area contributed by atoms with E-state index < -0.39 is 0 Å². The number of aromatic nitrogens is 1. The minimum atomic E-state index is 0.766. The van der Waals surface area contributed by atoms with Gasteiger partial charge in [-0.15, -0.1) is 0 Å². The van der Waals surface area contributed by atoms with Crippen molar-refractivity contribution in [1.82, 2.24) is 4.98 Å². The maximum atomic E-state index is 5.14. The van der Waals surface area contributed by atoms with Crippen LogP contribution in [0.2, 0.25) is 0 Å². The second kappa shape index (κ2) is 6.23. The number of aryl methyl sites for hydroxylation is 2. The van der Waals surface area contributed by atoms with Crippen molar-refractivity contribution in [2.45, 2.75) is 26.8 Å². The Labute approximate surface area is 114 Å². The molecule has 3 nitrogen and oxygen atoms in total. The highest BCUT2D eigenvalue weighted by Gasteiger charge is 2.00. The van der Waals surface area contributed by atoms with Crippen molar-refractivity contribution in [3.8, 4) is 5.75 Å². The fourth-order valence-corrected chi connectivity index (χ4v) is 1.99. The molecule has 0 amide bonds. The lowest BCUT2D eigenvalue weighted by molar-refractivity contribution is 0.414. The zero-order valence-electron chi connectivity index (χ0n) is 11.7. The molecule has 0 bridgehead atoms. The maximum absolute atomic E-state index is 5.14. The number of pyridine rings is 1. The summed E-state index contributed by atoms with van der Waals surface area (Å²) in [5.74, 6) is 1.80. The first-order chi connectivity index (χ1) is 9.22. The van der Waals surface area contributed by atoms with Gasteiger partial charge >= 0.3 is 0 Å². The number of ether oxygens (including phenoxy) is 1. The monoisotopic (exact) mass is 256 g/mol. The Hall–Kier alpha value is -2.03. The summed E-state index contributed by atoms with van der Waals surface area (Å²) in [5.41, 5.74) is 3.80. The number of nitrogens with zero attached hydrogens (tertiary/aromatic N) is 1. The largest absolute Gasteiger partial charge is 0.497 e. The third kappa shape index (κ3) is 3.47. The van der Waals surface area contributed by atoms with Crippen molar-refractivity contribution in [1.29, 1.82) is 0 Å². The van der Waals surface area contributed by atoms with Crippen molar-refractivity contribution in [2.75, 3.05) is 12.4 Å².